The second-order valence-electron chi connectivity index (χ2n) is 4.54. The lowest BCUT2D eigenvalue weighted by Crippen LogP contribution is -2.10. The Bertz CT molecular complexity index is 509. The molecule has 0 spiro atoms. The van der Waals surface area contributed by atoms with Gasteiger partial charge in [0, 0.05) is 24.8 Å². The first-order valence-electron chi connectivity index (χ1n) is 6.84. The third-order valence-corrected chi connectivity index (χ3v) is 3.17. The first-order chi connectivity index (χ1) is 9.36. The summed E-state index contributed by atoms with van der Waals surface area (Å²) in [5, 5.41) is 3.38. The molecule has 3 heteroatoms. The zero-order valence-electron chi connectivity index (χ0n) is 11.4. The molecule has 0 aliphatic rings. The molecule has 0 saturated carbocycles. The summed E-state index contributed by atoms with van der Waals surface area (Å²) in [4.78, 5) is 4.42. The molecule has 100 valence electrons. The van der Waals surface area contributed by atoms with Crippen LogP contribution in [0.25, 0.3) is 11.1 Å². The van der Waals surface area contributed by atoms with E-state index in [0.29, 0.717) is 6.54 Å². The Balaban J connectivity index is 2.31. The van der Waals surface area contributed by atoms with E-state index in [4.69, 9.17) is 5.73 Å². The maximum absolute atomic E-state index is 5.91. The number of unbranched alkanes of at least 4 members (excludes halogenated alkanes) is 1. The highest BCUT2D eigenvalue weighted by Crippen LogP contribution is 2.27. The van der Waals surface area contributed by atoms with Crippen LogP contribution in [0.4, 0.5) is 5.82 Å². The van der Waals surface area contributed by atoms with E-state index in [9.17, 15) is 0 Å². The molecule has 3 nitrogen and oxygen atoms in total. The van der Waals surface area contributed by atoms with Crippen LogP contribution in [0.2, 0.25) is 0 Å². The number of pyridine rings is 1. The molecule has 0 radical (unpaired) electrons. The molecule has 1 aromatic carbocycles. The lowest BCUT2D eigenvalue weighted by molar-refractivity contribution is 0.828. The van der Waals surface area contributed by atoms with Crippen molar-refractivity contribution < 1.29 is 0 Å². The van der Waals surface area contributed by atoms with Gasteiger partial charge in [-0.3, -0.25) is 0 Å². The molecule has 3 N–H and O–H groups in total. The summed E-state index contributed by atoms with van der Waals surface area (Å²) in [5.41, 5.74) is 9.35. The van der Waals surface area contributed by atoms with Crippen LogP contribution in [0.3, 0.4) is 0 Å². The fourth-order valence-corrected chi connectivity index (χ4v) is 2.12. The van der Waals surface area contributed by atoms with Crippen molar-refractivity contribution in [1.29, 1.82) is 0 Å². The lowest BCUT2D eigenvalue weighted by Gasteiger charge is -2.14. The van der Waals surface area contributed by atoms with Gasteiger partial charge in [-0.25, -0.2) is 4.98 Å². The van der Waals surface area contributed by atoms with Gasteiger partial charge in [-0.2, -0.15) is 0 Å². The van der Waals surface area contributed by atoms with Crippen molar-refractivity contribution in [2.45, 2.75) is 26.3 Å². The van der Waals surface area contributed by atoms with Gasteiger partial charge in [0.25, 0.3) is 0 Å². The van der Waals surface area contributed by atoms with Crippen LogP contribution in [0.15, 0.2) is 42.6 Å². The monoisotopic (exact) mass is 255 g/mol. The number of nitrogens with two attached hydrogens (primary N) is 1. The normalized spacial score (nSPS) is 10.4. The minimum absolute atomic E-state index is 0.493. The Morgan fingerprint density at radius 3 is 2.63 bits per heavy atom. The highest BCUT2D eigenvalue weighted by Gasteiger charge is 2.09. The number of hydrogen-bond acceptors (Lipinski definition) is 3. The highest BCUT2D eigenvalue weighted by atomic mass is 15.0. The molecular weight excluding hydrogens is 234 g/mol. The molecule has 19 heavy (non-hydrogen) atoms. The Labute approximate surface area is 114 Å². The number of benzene rings is 1. The second-order valence-corrected chi connectivity index (χ2v) is 4.54. The van der Waals surface area contributed by atoms with Crippen LogP contribution in [0, 0.1) is 0 Å². The number of anilines is 1. The van der Waals surface area contributed by atoms with Crippen molar-refractivity contribution in [1.82, 2.24) is 4.98 Å². The van der Waals surface area contributed by atoms with Crippen molar-refractivity contribution in [2.24, 2.45) is 5.73 Å². The van der Waals surface area contributed by atoms with E-state index in [1.807, 2.05) is 30.5 Å². The predicted octanol–water partition coefficient (Wildman–Crippen LogP) is 3.42. The maximum Gasteiger partial charge on any atom is 0.131 e. The number of rotatable bonds is 6. The Hall–Kier alpha value is -1.87. The first-order valence-corrected chi connectivity index (χ1v) is 6.84. The molecule has 0 aliphatic carbocycles. The molecular formula is C16H21N3. The molecule has 1 heterocycles. The number of nitrogens with one attached hydrogen (secondary N) is 1. The van der Waals surface area contributed by atoms with Gasteiger partial charge in [0.05, 0.1) is 0 Å². The van der Waals surface area contributed by atoms with Gasteiger partial charge < -0.3 is 11.1 Å². The summed E-state index contributed by atoms with van der Waals surface area (Å²) in [6, 6.07) is 12.3. The Morgan fingerprint density at radius 2 is 1.95 bits per heavy atom. The van der Waals surface area contributed by atoms with Crippen LogP contribution >= 0.6 is 0 Å². The van der Waals surface area contributed by atoms with Gasteiger partial charge in [-0.15, -0.1) is 0 Å². The molecule has 0 aliphatic heterocycles. The standard InChI is InChI=1S/C16H21N3/c1-2-3-10-18-16-15(12-17)14(9-11-19-16)13-7-5-4-6-8-13/h4-9,11H,2-3,10,12,17H2,1H3,(H,18,19). The quantitative estimate of drug-likeness (QED) is 0.778. The van der Waals surface area contributed by atoms with Crippen molar-refractivity contribution in [3.8, 4) is 11.1 Å². The number of nitrogens with zero attached hydrogens (tertiary/aromatic N) is 1. The SMILES string of the molecule is CCCCNc1nccc(-c2ccccc2)c1CN. The lowest BCUT2D eigenvalue weighted by atomic mass is 10.0. The third kappa shape index (κ3) is 3.32. The van der Waals surface area contributed by atoms with Gasteiger partial charge in [-0.1, -0.05) is 43.7 Å². The molecule has 0 bridgehead atoms. The van der Waals surface area contributed by atoms with Gasteiger partial charge in [0.15, 0.2) is 0 Å². The zero-order valence-corrected chi connectivity index (χ0v) is 11.4. The minimum Gasteiger partial charge on any atom is -0.370 e. The molecule has 0 unspecified atom stereocenters. The van der Waals surface area contributed by atoms with E-state index in [2.05, 4.69) is 29.4 Å². The fourth-order valence-electron chi connectivity index (χ4n) is 2.12. The topological polar surface area (TPSA) is 50.9 Å². The first kappa shape index (κ1) is 13.6. The smallest absolute Gasteiger partial charge is 0.131 e. The van der Waals surface area contributed by atoms with E-state index in [-0.39, 0.29) is 0 Å². The molecule has 0 amide bonds. The van der Waals surface area contributed by atoms with Crippen molar-refractivity contribution in [3.05, 3.63) is 48.2 Å². The average molecular weight is 255 g/mol. The highest BCUT2D eigenvalue weighted by molar-refractivity contribution is 5.71. The van der Waals surface area contributed by atoms with E-state index in [1.54, 1.807) is 0 Å². The largest absolute Gasteiger partial charge is 0.370 e. The fraction of sp³-hybridized carbons (Fsp3) is 0.312. The number of aromatic nitrogens is 1. The van der Waals surface area contributed by atoms with Gasteiger partial charge in [0.2, 0.25) is 0 Å². The molecule has 2 rings (SSSR count). The second kappa shape index (κ2) is 6.90. The van der Waals surface area contributed by atoms with Crippen LogP contribution < -0.4 is 11.1 Å². The van der Waals surface area contributed by atoms with Gasteiger partial charge in [0.1, 0.15) is 5.82 Å². The van der Waals surface area contributed by atoms with E-state index in [0.717, 1.165) is 29.9 Å². The maximum atomic E-state index is 5.91. The van der Waals surface area contributed by atoms with Crippen LogP contribution in [-0.4, -0.2) is 11.5 Å². The van der Waals surface area contributed by atoms with E-state index in [1.165, 1.54) is 12.0 Å². The Kier molecular flexibility index (Phi) is 4.93. The molecule has 0 fully saturated rings. The van der Waals surface area contributed by atoms with E-state index >= 15 is 0 Å². The summed E-state index contributed by atoms with van der Waals surface area (Å²) in [6.07, 6.45) is 4.15. The molecule has 2 aromatic rings. The van der Waals surface area contributed by atoms with Crippen LogP contribution in [0.5, 0.6) is 0 Å². The summed E-state index contributed by atoms with van der Waals surface area (Å²) < 4.78 is 0. The predicted molar refractivity (Wildman–Crippen MR) is 81.0 cm³/mol. The van der Waals surface area contributed by atoms with Crippen molar-refractivity contribution >= 4 is 5.82 Å². The van der Waals surface area contributed by atoms with Crippen molar-refractivity contribution in [2.75, 3.05) is 11.9 Å². The third-order valence-electron chi connectivity index (χ3n) is 3.17. The average Bonchev–Trinajstić information content (AvgIpc) is 2.48. The molecule has 0 atom stereocenters. The minimum atomic E-state index is 0.493. The summed E-state index contributed by atoms with van der Waals surface area (Å²) in [6.45, 7) is 3.61. The van der Waals surface area contributed by atoms with E-state index < -0.39 is 0 Å². The summed E-state index contributed by atoms with van der Waals surface area (Å²) >= 11 is 0. The molecule has 0 saturated heterocycles. The Morgan fingerprint density at radius 1 is 1.16 bits per heavy atom. The van der Waals surface area contributed by atoms with Crippen LogP contribution in [-0.2, 0) is 6.54 Å². The summed E-state index contributed by atoms with van der Waals surface area (Å²) in [5.74, 6) is 0.914. The summed E-state index contributed by atoms with van der Waals surface area (Å²) in [7, 11) is 0. The van der Waals surface area contributed by atoms with Crippen LogP contribution in [0.1, 0.15) is 25.3 Å². The number of hydrogen-bond donors (Lipinski definition) is 2. The molecule has 1 aromatic heterocycles. The van der Waals surface area contributed by atoms with Crippen molar-refractivity contribution in [3.63, 3.8) is 0 Å². The zero-order chi connectivity index (χ0) is 13.5. The van der Waals surface area contributed by atoms with Gasteiger partial charge in [-0.05, 0) is 23.6 Å². The van der Waals surface area contributed by atoms with Gasteiger partial charge >= 0.3 is 0 Å².